The number of benzene rings is 2. The number of fused-ring (bicyclic) bond motifs is 1. The Bertz CT molecular complexity index is 713. The minimum Gasteiger partial charge on any atom is -0.316 e. The Labute approximate surface area is 137 Å². The molecule has 0 aliphatic carbocycles. The maximum Gasteiger partial charge on any atom is 0.248 e. The minimum absolute atomic E-state index is 0.191. The van der Waals surface area contributed by atoms with Crippen molar-refractivity contribution in [2.24, 2.45) is 5.73 Å². The number of nitrogens with two attached hydrogens (primary N) is 1. The van der Waals surface area contributed by atoms with Gasteiger partial charge in [-0.3, -0.25) is 4.79 Å². The Morgan fingerprint density at radius 1 is 1.10 bits per heavy atom. The number of amides is 1. The first-order chi connectivity index (χ1) is 9.99. The van der Waals surface area contributed by atoms with Gasteiger partial charge in [-0.05, 0) is 30.3 Å². The van der Waals surface area contributed by atoms with Crippen LogP contribution in [0.25, 0.3) is 0 Å². The molecule has 6 heteroatoms. The van der Waals surface area contributed by atoms with Crippen LogP contribution in [-0.4, -0.2) is 5.91 Å². The molecule has 1 aliphatic heterocycles. The summed E-state index contributed by atoms with van der Waals surface area (Å²) in [5.41, 5.74) is 8.12. The molecule has 108 valence electrons. The molecule has 3 nitrogen and oxygen atoms in total. The van der Waals surface area contributed by atoms with Gasteiger partial charge in [-0.1, -0.05) is 40.9 Å². The summed E-state index contributed by atoms with van der Waals surface area (Å²) >= 11 is 18.3. The van der Waals surface area contributed by atoms with Crippen molar-refractivity contribution in [1.82, 2.24) is 0 Å². The van der Waals surface area contributed by atoms with Gasteiger partial charge in [0.15, 0.2) is 0 Å². The molecule has 0 radical (unpaired) electrons. The summed E-state index contributed by atoms with van der Waals surface area (Å²) in [5, 5.41) is 1.59. The molecule has 3 rings (SSSR count). The van der Waals surface area contributed by atoms with Crippen LogP contribution >= 0.6 is 34.8 Å². The molecule has 1 amide bonds. The number of hydrogen-bond donors (Lipinski definition) is 1. The fourth-order valence-electron chi connectivity index (χ4n) is 2.44. The van der Waals surface area contributed by atoms with Gasteiger partial charge in [0.05, 0.1) is 6.54 Å². The van der Waals surface area contributed by atoms with Gasteiger partial charge in [-0.15, -0.1) is 0 Å². The topological polar surface area (TPSA) is 46.3 Å². The van der Waals surface area contributed by atoms with Crippen molar-refractivity contribution in [3.8, 4) is 0 Å². The summed E-state index contributed by atoms with van der Waals surface area (Å²) in [5.74, 6) is -0.191. The van der Waals surface area contributed by atoms with Gasteiger partial charge in [0.25, 0.3) is 0 Å². The van der Waals surface area contributed by atoms with Gasteiger partial charge in [0, 0.05) is 31.9 Å². The summed E-state index contributed by atoms with van der Waals surface area (Å²) in [4.78, 5) is 14.0. The minimum atomic E-state index is -0.708. The Kier molecular flexibility index (Phi) is 3.84. The molecule has 0 saturated carbocycles. The highest BCUT2D eigenvalue weighted by Gasteiger charge is 2.35. The maximum absolute atomic E-state index is 12.4. The van der Waals surface area contributed by atoms with E-state index in [9.17, 15) is 4.79 Å². The third-order valence-electron chi connectivity index (χ3n) is 3.53. The maximum atomic E-state index is 12.4. The number of hydrogen-bond acceptors (Lipinski definition) is 2. The second-order valence-electron chi connectivity index (χ2n) is 4.81. The quantitative estimate of drug-likeness (QED) is 0.890. The van der Waals surface area contributed by atoms with Crippen LogP contribution < -0.4 is 10.6 Å². The van der Waals surface area contributed by atoms with Crippen molar-refractivity contribution >= 4 is 46.4 Å². The number of nitrogens with zero attached hydrogens (tertiary/aromatic N) is 1. The van der Waals surface area contributed by atoms with Crippen LogP contribution in [0, 0.1) is 0 Å². The molecule has 1 unspecified atom stereocenters. The van der Waals surface area contributed by atoms with Crippen molar-refractivity contribution in [3.63, 3.8) is 0 Å². The summed E-state index contributed by atoms with van der Waals surface area (Å²) < 4.78 is 0. The first-order valence-electron chi connectivity index (χ1n) is 6.28. The largest absolute Gasteiger partial charge is 0.316 e. The molecule has 21 heavy (non-hydrogen) atoms. The molecule has 0 aromatic heterocycles. The monoisotopic (exact) mass is 340 g/mol. The lowest BCUT2D eigenvalue weighted by molar-refractivity contribution is -0.119. The van der Waals surface area contributed by atoms with Gasteiger partial charge in [0.1, 0.15) is 6.04 Å². The highest BCUT2D eigenvalue weighted by molar-refractivity contribution is 6.36. The lowest BCUT2D eigenvalue weighted by Crippen LogP contribution is -2.31. The van der Waals surface area contributed by atoms with Crippen LogP contribution in [0.3, 0.4) is 0 Å². The van der Waals surface area contributed by atoms with Crippen molar-refractivity contribution in [3.05, 3.63) is 62.6 Å². The number of anilines is 1. The molecule has 2 aromatic carbocycles. The summed E-state index contributed by atoms with van der Waals surface area (Å²) in [6, 6.07) is 9.77. The zero-order valence-electron chi connectivity index (χ0n) is 10.8. The average molecular weight is 342 g/mol. The predicted octanol–water partition coefficient (Wildman–Crippen LogP) is 4.19. The summed E-state index contributed by atoms with van der Waals surface area (Å²) in [6.45, 7) is 0.277. The van der Waals surface area contributed by atoms with Crippen LogP contribution in [0.1, 0.15) is 17.2 Å². The molecule has 2 N–H and O–H groups in total. The van der Waals surface area contributed by atoms with Gasteiger partial charge >= 0.3 is 0 Å². The van der Waals surface area contributed by atoms with Crippen molar-refractivity contribution in [1.29, 1.82) is 0 Å². The van der Waals surface area contributed by atoms with Gasteiger partial charge in [0.2, 0.25) is 5.91 Å². The zero-order chi connectivity index (χ0) is 15.1. The molecular formula is C15H11Cl3N2O. The van der Waals surface area contributed by atoms with E-state index in [0.29, 0.717) is 20.6 Å². The van der Waals surface area contributed by atoms with E-state index in [1.54, 1.807) is 41.3 Å². The van der Waals surface area contributed by atoms with Crippen LogP contribution in [0.4, 0.5) is 5.69 Å². The Morgan fingerprint density at radius 3 is 2.43 bits per heavy atom. The molecule has 0 spiro atoms. The Balaban J connectivity index is 2.03. The van der Waals surface area contributed by atoms with E-state index in [1.807, 2.05) is 0 Å². The summed E-state index contributed by atoms with van der Waals surface area (Å²) in [6.07, 6.45) is 0. The molecule has 0 fully saturated rings. The first-order valence-corrected chi connectivity index (χ1v) is 7.41. The molecule has 0 bridgehead atoms. The fraction of sp³-hybridized carbons (Fsp3) is 0.133. The Hall–Kier alpha value is -1.26. The lowest BCUT2D eigenvalue weighted by atomic mass is 10.1. The van der Waals surface area contributed by atoms with Gasteiger partial charge in [-0.25, -0.2) is 0 Å². The molecule has 1 heterocycles. The number of rotatable bonds is 2. The third kappa shape index (κ3) is 2.51. The van der Waals surface area contributed by atoms with E-state index >= 15 is 0 Å². The van der Waals surface area contributed by atoms with Crippen molar-refractivity contribution in [2.75, 3.05) is 4.90 Å². The molecule has 0 saturated heterocycles. The third-order valence-corrected chi connectivity index (χ3v) is 4.47. The van der Waals surface area contributed by atoms with E-state index in [0.717, 1.165) is 11.3 Å². The Morgan fingerprint density at radius 2 is 1.76 bits per heavy atom. The summed E-state index contributed by atoms with van der Waals surface area (Å²) in [7, 11) is 0. The van der Waals surface area contributed by atoms with E-state index in [-0.39, 0.29) is 12.5 Å². The molecule has 1 atom stereocenters. The van der Waals surface area contributed by atoms with E-state index in [1.165, 1.54) is 0 Å². The predicted molar refractivity (Wildman–Crippen MR) is 86.0 cm³/mol. The SMILES string of the molecule is NC1C(=O)N(Cc2c(Cl)cccc2Cl)c2ccc(Cl)cc21. The van der Waals surface area contributed by atoms with Gasteiger partial charge in [-0.2, -0.15) is 0 Å². The molecule has 1 aliphatic rings. The van der Waals surface area contributed by atoms with E-state index in [4.69, 9.17) is 40.5 Å². The molecule has 2 aromatic rings. The van der Waals surface area contributed by atoms with E-state index in [2.05, 4.69) is 0 Å². The van der Waals surface area contributed by atoms with Crippen molar-refractivity contribution in [2.45, 2.75) is 12.6 Å². The smallest absolute Gasteiger partial charge is 0.248 e. The first kappa shape index (κ1) is 14.7. The second kappa shape index (κ2) is 5.50. The highest BCUT2D eigenvalue weighted by atomic mass is 35.5. The molecular weight excluding hydrogens is 331 g/mol. The average Bonchev–Trinajstić information content (AvgIpc) is 2.67. The number of carbonyl (C=O) groups is 1. The normalized spacial score (nSPS) is 17.2. The lowest BCUT2D eigenvalue weighted by Gasteiger charge is -2.19. The van der Waals surface area contributed by atoms with E-state index < -0.39 is 6.04 Å². The highest BCUT2D eigenvalue weighted by Crippen LogP contribution is 2.38. The zero-order valence-corrected chi connectivity index (χ0v) is 13.1. The van der Waals surface area contributed by atoms with Crippen LogP contribution in [0.2, 0.25) is 15.1 Å². The van der Waals surface area contributed by atoms with Gasteiger partial charge < -0.3 is 10.6 Å². The standard InChI is InChI=1S/C15H11Cl3N2O/c16-8-4-5-13-9(6-8)14(19)15(21)20(13)7-10-11(17)2-1-3-12(10)18/h1-6,14H,7,19H2. The second-order valence-corrected chi connectivity index (χ2v) is 6.06. The van der Waals surface area contributed by atoms with Crippen molar-refractivity contribution < 1.29 is 4.79 Å². The number of carbonyl (C=O) groups excluding carboxylic acids is 1. The van der Waals surface area contributed by atoms with Crippen LogP contribution in [0.15, 0.2) is 36.4 Å². The van der Waals surface area contributed by atoms with Crippen LogP contribution in [0.5, 0.6) is 0 Å². The fourth-order valence-corrected chi connectivity index (χ4v) is 3.14. The number of halogens is 3. The van der Waals surface area contributed by atoms with Crippen LogP contribution in [-0.2, 0) is 11.3 Å².